The van der Waals surface area contributed by atoms with E-state index in [0.717, 1.165) is 5.57 Å². The molecule has 3 aliphatic rings. The number of rotatable bonds is 4. The Morgan fingerprint density at radius 1 is 1.17 bits per heavy atom. The van der Waals surface area contributed by atoms with Crippen LogP contribution >= 0.6 is 11.3 Å². The van der Waals surface area contributed by atoms with Crippen molar-refractivity contribution in [3.05, 3.63) is 97.9 Å². The van der Waals surface area contributed by atoms with Gasteiger partial charge in [-0.3, -0.25) is 20.1 Å². The SMILES string of the molecule is COc1cc(/C=c2/c(=O)nc3sc(=C4C=CC(=O)C=C4)[nH]n-3c2=N)ccc1OC(=O)c1ccco1. The number of ether oxygens (including phenoxy) is 2. The fraction of sp³-hybridized carbons (Fsp3) is 0.0417. The molecular weight excluding hydrogens is 472 g/mol. The summed E-state index contributed by atoms with van der Waals surface area (Å²) in [6.07, 6.45) is 9.06. The van der Waals surface area contributed by atoms with Crippen LogP contribution < -0.4 is 30.4 Å². The van der Waals surface area contributed by atoms with Crippen molar-refractivity contribution in [2.24, 2.45) is 0 Å². The summed E-state index contributed by atoms with van der Waals surface area (Å²) in [5.74, 6) is -0.324. The van der Waals surface area contributed by atoms with Crippen molar-refractivity contribution in [1.29, 1.82) is 5.41 Å². The Kier molecular flexibility index (Phi) is 5.59. The van der Waals surface area contributed by atoms with Gasteiger partial charge in [0.05, 0.1) is 18.6 Å². The zero-order valence-electron chi connectivity index (χ0n) is 18.1. The van der Waals surface area contributed by atoms with Crippen LogP contribution in [0.2, 0.25) is 0 Å². The maximum absolute atomic E-state index is 12.7. The molecule has 0 radical (unpaired) electrons. The maximum atomic E-state index is 12.7. The quantitative estimate of drug-likeness (QED) is 0.323. The van der Waals surface area contributed by atoms with Gasteiger partial charge < -0.3 is 13.9 Å². The number of hydrogen-bond donors (Lipinski definition) is 2. The van der Waals surface area contributed by atoms with Gasteiger partial charge in [-0.15, -0.1) is 0 Å². The molecule has 35 heavy (non-hydrogen) atoms. The van der Waals surface area contributed by atoms with Crippen LogP contribution in [0.1, 0.15) is 16.1 Å². The number of esters is 1. The highest BCUT2D eigenvalue weighted by atomic mass is 32.1. The first-order chi connectivity index (χ1) is 16.9. The van der Waals surface area contributed by atoms with E-state index >= 15 is 0 Å². The average Bonchev–Trinajstić information content (AvgIpc) is 3.54. The van der Waals surface area contributed by atoms with Gasteiger partial charge in [0.2, 0.25) is 10.9 Å². The molecule has 0 unspecified atom stereocenters. The Morgan fingerprint density at radius 3 is 2.69 bits per heavy atom. The van der Waals surface area contributed by atoms with Crippen molar-refractivity contribution in [3.8, 4) is 16.6 Å². The highest BCUT2D eigenvalue weighted by Gasteiger charge is 2.16. The van der Waals surface area contributed by atoms with Gasteiger partial charge in [0.25, 0.3) is 5.56 Å². The molecule has 0 atom stereocenters. The van der Waals surface area contributed by atoms with Gasteiger partial charge >= 0.3 is 5.97 Å². The summed E-state index contributed by atoms with van der Waals surface area (Å²) in [5, 5.41) is 12.0. The molecule has 0 spiro atoms. The van der Waals surface area contributed by atoms with Crippen LogP contribution in [0, 0.1) is 5.41 Å². The second-order valence-electron chi connectivity index (χ2n) is 7.29. The summed E-state index contributed by atoms with van der Waals surface area (Å²) in [4.78, 5) is 40.4. The van der Waals surface area contributed by atoms with E-state index in [4.69, 9.17) is 19.3 Å². The van der Waals surface area contributed by atoms with Gasteiger partial charge in [-0.25, -0.2) is 9.48 Å². The lowest BCUT2D eigenvalue weighted by Crippen LogP contribution is -2.47. The molecular formula is C24H16N4O6S. The van der Waals surface area contributed by atoms with Gasteiger partial charge in [0, 0.05) is 5.57 Å². The summed E-state index contributed by atoms with van der Waals surface area (Å²) in [7, 11) is 1.42. The van der Waals surface area contributed by atoms with Crippen LogP contribution in [0.4, 0.5) is 0 Å². The minimum atomic E-state index is -0.680. The first kappa shape index (κ1) is 22.0. The molecule has 1 aromatic carbocycles. The smallest absolute Gasteiger partial charge is 0.379 e. The summed E-state index contributed by atoms with van der Waals surface area (Å²) in [6.45, 7) is 0. The lowest BCUT2D eigenvalue weighted by molar-refractivity contribution is -0.110. The van der Waals surface area contributed by atoms with E-state index in [2.05, 4.69) is 10.1 Å². The van der Waals surface area contributed by atoms with Gasteiger partial charge in [0.15, 0.2) is 22.8 Å². The number of carbonyl (C=O) groups is 2. The predicted molar refractivity (Wildman–Crippen MR) is 125 cm³/mol. The van der Waals surface area contributed by atoms with Crippen LogP contribution in [-0.2, 0) is 4.79 Å². The maximum Gasteiger partial charge on any atom is 0.379 e. The summed E-state index contributed by atoms with van der Waals surface area (Å²) in [6, 6.07) is 7.77. The zero-order valence-corrected chi connectivity index (χ0v) is 18.9. The molecule has 10 nitrogen and oxygen atoms in total. The number of nitrogens with zero attached hydrogens (tertiary/aromatic N) is 2. The lowest BCUT2D eigenvalue weighted by Gasteiger charge is -2.09. The molecule has 1 aromatic heterocycles. The van der Waals surface area contributed by atoms with Gasteiger partial charge in [-0.05, 0) is 60.2 Å². The Bertz CT molecular complexity index is 1720. The Labute approximate surface area is 200 Å². The molecule has 0 fully saturated rings. The lowest BCUT2D eigenvalue weighted by atomic mass is 10.1. The van der Waals surface area contributed by atoms with E-state index in [0.29, 0.717) is 15.4 Å². The number of ketones is 1. The van der Waals surface area contributed by atoms with Gasteiger partial charge in [-0.2, -0.15) is 4.98 Å². The first-order valence-electron chi connectivity index (χ1n) is 10.2. The molecule has 11 heteroatoms. The van der Waals surface area contributed by atoms with Crippen molar-refractivity contribution < 1.29 is 23.5 Å². The largest absolute Gasteiger partial charge is 0.493 e. The summed E-state index contributed by atoms with van der Waals surface area (Å²) in [5.41, 5.74) is 0.615. The highest BCUT2D eigenvalue weighted by molar-refractivity contribution is 7.11. The van der Waals surface area contributed by atoms with E-state index in [1.54, 1.807) is 30.4 Å². The van der Waals surface area contributed by atoms with Crippen LogP contribution in [0.3, 0.4) is 0 Å². The number of methoxy groups -OCH3 is 1. The van der Waals surface area contributed by atoms with E-state index < -0.39 is 11.5 Å². The minimum Gasteiger partial charge on any atom is -0.493 e. The van der Waals surface area contributed by atoms with Crippen molar-refractivity contribution in [2.45, 2.75) is 0 Å². The minimum absolute atomic E-state index is 0.0456. The topological polar surface area (TPSA) is 140 Å². The number of furan rings is 1. The molecule has 3 heterocycles. The number of allylic oxidation sites excluding steroid dienone is 4. The average molecular weight is 488 g/mol. The summed E-state index contributed by atoms with van der Waals surface area (Å²) >= 11 is 1.20. The van der Waals surface area contributed by atoms with Crippen molar-refractivity contribution in [3.63, 3.8) is 0 Å². The normalized spacial score (nSPS) is 13.6. The standard InChI is InChI=1S/C24H16N4O6S/c1-32-19-12-13(4-9-17(19)34-23(31)18-3-2-10-33-18)11-16-20(25)28-24(26-21(16)30)35-22(27-28)14-5-7-15(29)8-6-14/h2-12,25,27H,1H3/b16-11+,25-20?. The third kappa shape index (κ3) is 4.27. The molecule has 0 amide bonds. The monoisotopic (exact) mass is 488 g/mol. The van der Waals surface area contributed by atoms with Gasteiger partial charge in [-0.1, -0.05) is 17.4 Å². The predicted octanol–water partition coefficient (Wildman–Crippen LogP) is 1.03. The van der Waals surface area contributed by atoms with E-state index in [9.17, 15) is 14.4 Å². The van der Waals surface area contributed by atoms with E-state index in [1.807, 2.05) is 0 Å². The zero-order chi connectivity index (χ0) is 24.5. The van der Waals surface area contributed by atoms with Gasteiger partial charge in [0.1, 0.15) is 4.66 Å². The molecule has 0 saturated heterocycles. The van der Waals surface area contributed by atoms with Crippen LogP contribution in [-0.4, -0.2) is 33.6 Å². The van der Waals surface area contributed by atoms with Crippen molar-refractivity contribution in [1.82, 2.24) is 14.8 Å². The third-order valence-electron chi connectivity index (χ3n) is 5.04. The van der Waals surface area contributed by atoms with Crippen LogP contribution in [0.25, 0.3) is 16.8 Å². The number of hydrogen-bond acceptors (Lipinski definition) is 9. The fourth-order valence-electron chi connectivity index (χ4n) is 3.33. The Balaban J connectivity index is 1.56. The molecule has 1 aliphatic carbocycles. The van der Waals surface area contributed by atoms with Crippen LogP contribution in [0.15, 0.2) is 70.1 Å². The van der Waals surface area contributed by atoms with E-state index in [1.165, 1.54) is 59.8 Å². The van der Waals surface area contributed by atoms with Crippen molar-refractivity contribution >= 4 is 34.7 Å². The van der Waals surface area contributed by atoms with Crippen LogP contribution in [0.5, 0.6) is 11.5 Å². The number of carbonyl (C=O) groups excluding carboxylic acids is 2. The molecule has 2 aromatic rings. The first-order valence-corrected chi connectivity index (χ1v) is 11.0. The second kappa shape index (κ2) is 8.88. The summed E-state index contributed by atoms with van der Waals surface area (Å²) < 4.78 is 17.7. The Hall–Kier alpha value is -4.77. The second-order valence-corrected chi connectivity index (χ2v) is 8.26. The fourth-order valence-corrected chi connectivity index (χ4v) is 4.26. The highest BCUT2D eigenvalue weighted by Crippen LogP contribution is 2.29. The molecule has 174 valence electrons. The molecule has 5 rings (SSSR count). The number of benzene rings is 1. The Morgan fingerprint density at radius 2 is 1.97 bits per heavy atom. The number of aromatic nitrogens is 3. The number of H-pyrrole nitrogens is 1. The molecule has 2 N–H and O–H groups in total. The number of fused-ring (bicyclic) bond motifs is 1. The molecule has 2 aliphatic heterocycles. The van der Waals surface area contributed by atoms with E-state index in [-0.39, 0.29) is 33.7 Å². The van der Waals surface area contributed by atoms with Crippen molar-refractivity contribution in [2.75, 3.05) is 7.11 Å². The number of aromatic amines is 1. The third-order valence-corrected chi connectivity index (χ3v) is 6.03. The number of nitrogens with one attached hydrogen (secondary N) is 2. The molecule has 0 bridgehead atoms. The molecule has 0 saturated carbocycles.